The maximum atomic E-state index is 12.3. The summed E-state index contributed by atoms with van der Waals surface area (Å²) in [5.74, 6) is -0.104. The number of rotatable bonds is 2. The minimum absolute atomic E-state index is 0.104. The van der Waals surface area contributed by atoms with E-state index in [0.717, 1.165) is 5.69 Å². The summed E-state index contributed by atoms with van der Waals surface area (Å²) in [5, 5.41) is 9.70. The first-order chi connectivity index (χ1) is 9.07. The smallest absolute Gasteiger partial charge is 0.272 e. The van der Waals surface area contributed by atoms with Crippen LogP contribution < -0.4 is 0 Å². The second-order valence-corrected chi connectivity index (χ2v) is 5.14. The average molecular weight is 257 g/mol. The summed E-state index contributed by atoms with van der Waals surface area (Å²) in [7, 11) is 0. The van der Waals surface area contributed by atoms with Crippen molar-refractivity contribution in [3.05, 3.63) is 48.5 Å². The normalized spacial score (nSPS) is 17.1. The Kier molecular flexibility index (Phi) is 2.64. The Morgan fingerprint density at radius 1 is 1.32 bits per heavy atom. The molecular formula is C14H15N3O2. The van der Waals surface area contributed by atoms with E-state index in [4.69, 9.17) is 0 Å². The highest BCUT2D eigenvalue weighted by atomic mass is 16.3. The Labute approximate surface area is 111 Å². The first-order valence-electron chi connectivity index (χ1n) is 6.16. The second kappa shape index (κ2) is 4.20. The lowest BCUT2D eigenvalue weighted by Gasteiger charge is -2.44. The van der Waals surface area contributed by atoms with Gasteiger partial charge in [-0.25, -0.2) is 4.98 Å². The third kappa shape index (κ3) is 2.13. The molecule has 1 aromatic heterocycles. The van der Waals surface area contributed by atoms with Crippen molar-refractivity contribution >= 4 is 5.91 Å². The van der Waals surface area contributed by atoms with Gasteiger partial charge in [-0.15, -0.1) is 0 Å². The third-order valence-corrected chi connectivity index (χ3v) is 3.24. The van der Waals surface area contributed by atoms with Crippen molar-refractivity contribution in [1.82, 2.24) is 14.5 Å². The van der Waals surface area contributed by atoms with Crippen LogP contribution >= 0.6 is 0 Å². The number of aromatic nitrogens is 2. The van der Waals surface area contributed by atoms with Crippen LogP contribution in [0.4, 0.5) is 0 Å². The summed E-state index contributed by atoms with van der Waals surface area (Å²) >= 11 is 0. The lowest BCUT2D eigenvalue weighted by Crippen LogP contribution is -2.61. The van der Waals surface area contributed by atoms with Gasteiger partial charge < -0.3 is 10.0 Å². The number of para-hydroxylation sites is 1. The van der Waals surface area contributed by atoms with E-state index >= 15 is 0 Å². The van der Waals surface area contributed by atoms with Gasteiger partial charge in [0.2, 0.25) is 0 Å². The number of nitrogens with zero attached hydrogens (tertiary/aromatic N) is 3. The molecule has 5 nitrogen and oxygen atoms in total. The predicted molar refractivity (Wildman–Crippen MR) is 70.1 cm³/mol. The number of β-amino-alcohol motifs (C(OH)–C–C–N with tert-alkyl or cyclic N) is 1. The van der Waals surface area contributed by atoms with Gasteiger partial charge in [-0.05, 0) is 19.1 Å². The molecule has 2 heterocycles. The molecule has 0 radical (unpaired) electrons. The highest BCUT2D eigenvalue weighted by molar-refractivity contribution is 5.93. The minimum Gasteiger partial charge on any atom is -0.386 e. The van der Waals surface area contributed by atoms with E-state index in [0.29, 0.717) is 18.8 Å². The van der Waals surface area contributed by atoms with Crippen molar-refractivity contribution in [2.75, 3.05) is 13.1 Å². The van der Waals surface area contributed by atoms with Gasteiger partial charge in [0.05, 0.1) is 31.2 Å². The predicted octanol–water partition coefficient (Wildman–Crippen LogP) is 1.08. The molecule has 1 aliphatic rings. The van der Waals surface area contributed by atoms with Crippen LogP contribution in [-0.4, -0.2) is 44.2 Å². The van der Waals surface area contributed by atoms with Gasteiger partial charge >= 0.3 is 0 Å². The van der Waals surface area contributed by atoms with Gasteiger partial charge in [-0.3, -0.25) is 9.36 Å². The largest absolute Gasteiger partial charge is 0.386 e. The lowest BCUT2D eigenvalue weighted by molar-refractivity contribution is -0.0671. The number of carbonyl (C=O) groups excluding carboxylic acids is 1. The molecule has 2 aromatic rings. The Hall–Kier alpha value is -2.14. The third-order valence-electron chi connectivity index (χ3n) is 3.24. The van der Waals surface area contributed by atoms with Gasteiger partial charge in [0.1, 0.15) is 5.69 Å². The SMILES string of the molecule is CC1(O)CN(C(=O)c2cncn2-c2ccccc2)C1. The molecule has 1 aliphatic heterocycles. The van der Waals surface area contributed by atoms with Gasteiger partial charge in [0, 0.05) is 5.69 Å². The fourth-order valence-corrected chi connectivity index (χ4v) is 2.33. The molecule has 0 spiro atoms. The Bertz CT molecular complexity index is 596. The lowest BCUT2D eigenvalue weighted by atomic mass is 9.96. The zero-order valence-electron chi connectivity index (χ0n) is 10.7. The van der Waals surface area contributed by atoms with Crippen LogP contribution in [0.15, 0.2) is 42.9 Å². The van der Waals surface area contributed by atoms with Crippen molar-refractivity contribution < 1.29 is 9.90 Å². The van der Waals surface area contributed by atoms with Gasteiger partial charge in [0.25, 0.3) is 5.91 Å². The van der Waals surface area contributed by atoms with Crippen LogP contribution in [0.3, 0.4) is 0 Å². The number of hydrogen-bond donors (Lipinski definition) is 1. The number of likely N-dealkylation sites (tertiary alicyclic amines) is 1. The molecule has 5 heteroatoms. The molecule has 0 aliphatic carbocycles. The van der Waals surface area contributed by atoms with E-state index in [1.165, 1.54) is 0 Å². The van der Waals surface area contributed by atoms with Crippen LogP contribution in [0.2, 0.25) is 0 Å². The summed E-state index contributed by atoms with van der Waals surface area (Å²) in [5.41, 5.74) is 0.658. The fraction of sp³-hybridized carbons (Fsp3) is 0.286. The van der Waals surface area contributed by atoms with Gasteiger partial charge in [-0.2, -0.15) is 0 Å². The van der Waals surface area contributed by atoms with E-state index in [2.05, 4.69) is 4.98 Å². The zero-order chi connectivity index (χ0) is 13.5. The van der Waals surface area contributed by atoms with E-state index in [9.17, 15) is 9.90 Å². The molecule has 0 atom stereocenters. The molecule has 0 saturated carbocycles. The summed E-state index contributed by atoms with van der Waals surface area (Å²) in [6, 6.07) is 9.60. The Morgan fingerprint density at radius 3 is 2.63 bits per heavy atom. The number of hydrogen-bond acceptors (Lipinski definition) is 3. The fourth-order valence-electron chi connectivity index (χ4n) is 2.33. The maximum Gasteiger partial charge on any atom is 0.272 e. The number of imidazole rings is 1. The molecule has 1 fully saturated rings. The summed E-state index contributed by atoms with van der Waals surface area (Å²) in [6.07, 6.45) is 3.18. The molecule has 1 aromatic carbocycles. The van der Waals surface area contributed by atoms with Crippen LogP contribution in [0.5, 0.6) is 0 Å². The van der Waals surface area contributed by atoms with Crippen LogP contribution in [0.1, 0.15) is 17.4 Å². The molecule has 0 unspecified atom stereocenters. The number of benzene rings is 1. The Balaban J connectivity index is 1.87. The van der Waals surface area contributed by atoms with Crippen molar-refractivity contribution in [2.24, 2.45) is 0 Å². The van der Waals surface area contributed by atoms with E-state index in [1.807, 2.05) is 30.3 Å². The van der Waals surface area contributed by atoms with Crippen molar-refractivity contribution in [3.63, 3.8) is 0 Å². The molecule has 0 bridgehead atoms. The maximum absolute atomic E-state index is 12.3. The molecule has 1 N–H and O–H groups in total. The first-order valence-corrected chi connectivity index (χ1v) is 6.16. The van der Waals surface area contributed by atoms with Crippen LogP contribution in [0.25, 0.3) is 5.69 Å². The molecular weight excluding hydrogens is 242 g/mol. The number of amides is 1. The minimum atomic E-state index is -0.757. The molecule has 1 amide bonds. The zero-order valence-corrected chi connectivity index (χ0v) is 10.7. The standard InChI is InChI=1S/C14H15N3O2/c1-14(19)8-16(9-14)13(18)12-7-15-10-17(12)11-5-3-2-4-6-11/h2-7,10,19H,8-9H2,1H3. The monoisotopic (exact) mass is 257 g/mol. The second-order valence-electron chi connectivity index (χ2n) is 5.14. The summed E-state index contributed by atoms with van der Waals surface area (Å²) < 4.78 is 1.76. The molecule has 3 rings (SSSR count). The van der Waals surface area contributed by atoms with E-state index < -0.39 is 5.60 Å². The molecule has 1 saturated heterocycles. The average Bonchev–Trinajstić information content (AvgIpc) is 2.85. The van der Waals surface area contributed by atoms with Crippen LogP contribution in [0, 0.1) is 0 Å². The Morgan fingerprint density at radius 2 is 2.00 bits per heavy atom. The summed E-state index contributed by atoms with van der Waals surface area (Å²) in [4.78, 5) is 18.0. The number of carbonyl (C=O) groups is 1. The van der Waals surface area contributed by atoms with Gasteiger partial charge in [-0.1, -0.05) is 18.2 Å². The van der Waals surface area contributed by atoms with E-state index in [1.54, 1.807) is 28.9 Å². The van der Waals surface area contributed by atoms with Gasteiger partial charge in [0.15, 0.2) is 0 Å². The number of aliphatic hydroxyl groups is 1. The van der Waals surface area contributed by atoms with Crippen LogP contribution in [-0.2, 0) is 0 Å². The van der Waals surface area contributed by atoms with Crippen molar-refractivity contribution in [3.8, 4) is 5.69 Å². The van der Waals surface area contributed by atoms with E-state index in [-0.39, 0.29) is 5.91 Å². The van der Waals surface area contributed by atoms with Crippen molar-refractivity contribution in [1.29, 1.82) is 0 Å². The summed E-state index contributed by atoms with van der Waals surface area (Å²) in [6.45, 7) is 2.46. The van der Waals surface area contributed by atoms with Crippen molar-refractivity contribution in [2.45, 2.75) is 12.5 Å². The highest BCUT2D eigenvalue weighted by Gasteiger charge is 2.40. The molecule has 98 valence electrons. The topological polar surface area (TPSA) is 58.4 Å². The molecule has 19 heavy (non-hydrogen) atoms. The first kappa shape index (κ1) is 11.9. The highest BCUT2D eigenvalue weighted by Crippen LogP contribution is 2.23. The quantitative estimate of drug-likeness (QED) is 0.875.